The summed E-state index contributed by atoms with van der Waals surface area (Å²) in [5.74, 6) is -3.59. The topological polar surface area (TPSA) is 155 Å². The number of aromatic amines is 1. The van der Waals surface area contributed by atoms with Crippen molar-refractivity contribution >= 4 is 75.7 Å². The first kappa shape index (κ1) is 31.1. The number of likely N-dealkylation sites (tertiary alicyclic amines) is 1. The number of fused-ring (bicyclic) bond motifs is 9. The van der Waals surface area contributed by atoms with Gasteiger partial charge >= 0.3 is 10.8 Å². The number of imide groups is 1. The lowest BCUT2D eigenvalue weighted by molar-refractivity contribution is -0.154. The number of carboxylic acid groups (broad SMARTS) is 1. The van der Waals surface area contributed by atoms with Crippen molar-refractivity contribution < 1.29 is 33.8 Å². The summed E-state index contributed by atoms with van der Waals surface area (Å²) in [7, 11) is 1.49. The van der Waals surface area contributed by atoms with Crippen LogP contribution in [0.4, 0.5) is 5.69 Å². The number of amides is 3. The molecule has 11 nitrogen and oxygen atoms in total. The summed E-state index contributed by atoms with van der Waals surface area (Å²) in [4.78, 5) is 68.6. The number of aromatic nitrogens is 1. The summed E-state index contributed by atoms with van der Waals surface area (Å²) in [6, 6.07) is 8.89. The largest absolute Gasteiger partial charge is 0.493 e. The second-order valence-corrected chi connectivity index (χ2v) is 14.9. The molecule has 4 aliphatic rings. The van der Waals surface area contributed by atoms with Gasteiger partial charge in [-0.25, -0.2) is 4.79 Å². The standard InChI is InChI=1S/C31H27Cl2N3O8S2/c1-11(30(40)41)36-28(38)23-14-9-15(24(23)29(36)39)25-22(14)21(26-27(45-25)35-31(42)46-26)12-3-6-18(19(7-12)43-2)44-10-20(37)34-13-4-5-16(32)17(33)8-13/h3-8,11,14-15,21-25H,9-10H2,1-2H3,(H,34,37)(H,35,42)(H,40,41)/t11?,14?,15?,21-,22?,23?,24?,25?/m1/s1. The van der Waals surface area contributed by atoms with Gasteiger partial charge in [0.25, 0.3) is 5.91 Å². The molecule has 1 aromatic heterocycles. The quantitative estimate of drug-likeness (QED) is 0.283. The van der Waals surface area contributed by atoms with Crippen molar-refractivity contribution in [1.82, 2.24) is 9.88 Å². The van der Waals surface area contributed by atoms with E-state index in [1.807, 2.05) is 12.1 Å². The minimum atomic E-state index is -1.24. The lowest BCUT2D eigenvalue weighted by atomic mass is 9.68. The maximum absolute atomic E-state index is 13.6. The van der Waals surface area contributed by atoms with Crippen molar-refractivity contribution in [2.45, 2.75) is 35.6 Å². The molecule has 0 spiro atoms. The number of hydrogen-bond donors (Lipinski definition) is 3. The number of halogens is 2. The smallest absolute Gasteiger partial charge is 0.326 e. The number of benzene rings is 2. The lowest BCUT2D eigenvalue weighted by Crippen LogP contribution is -2.44. The van der Waals surface area contributed by atoms with Crippen LogP contribution < -0.4 is 19.7 Å². The first-order chi connectivity index (χ1) is 22.0. The maximum atomic E-state index is 13.6. The Balaban J connectivity index is 1.17. The number of anilines is 1. The number of carboxylic acids is 1. The molecule has 3 aromatic rings. The Morgan fingerprint density at radius 2 is 1.80 bits per heavy atom. The van der Waals surface area contributed by atoms with E-state index in [-0.39, 0.29) is 40.4 Å². The number of thiazole rings is 1. The Kier molecular flexibility index (Phi) is 7.86. The molecule has 3 N–H and O–H groups in total. The zero-order valence-electron chi connectivity index (χ0n) is 24.3. The number of methoxy groups -OCH3 is 1. The van der Waals surface area contributed by atoms with Gasteiger partial charge in [0.1, 0.15) is 6.04 Å². The van der Waals surface area contributed by atoms with Crippen LogP contribution in [0, 0.1) is 29.6 Å². The molecule has 15 heteroatoms. The van der Waals surface area contributed by atoms with Crippen LogP contribution in [0.1, 0.15) is 29.7 Å². The van der Waals surface area contributed by atoms with Crippen molar-refractivity contribution in [2.75, 3.05) is 19.0 Å². The normalized spacial score (nSPS) is 28.0. The van der Waals surface area contributed by atoms with Crippen molar-refractivity contribution in [1.29, 1.82) is 0 Å². The van der Waals surface area contributed by atoms with Crippen LogP contribution in [-0.4, -0.2) is 63.7 Å². The molecule has 2 aromatic carbocycles. The molecule has 0 radical (unpaired) electrons. The SMILES string of the molecule is COc1cc([C@H]2c3sc(=O)[nH]c3SC3C4CC(C5C(=O)N(C(C)C(=O)O)C(=O)C45)C32)ccc1OCC(=O)Nc1ccc(Cl)c(Cl)c1. The van der Waals surface area contributed by atoms with Gasteiger partial charge in [-0.3, -0.25) is 24.1 Å². The van der Waals surface area contributed by atoms with Gasteiger partial charge in [0.05, 0.1) is 34.0 Å². The Morgan fingerprint density at radius 1 is 1.07 bits per heavy atom. The highest BCUT2D eigenvalue weighted by atomic mass is 35.5. The minimum Gasteiger partial charge on any atom is -0.493 e. The monoisotopic (exact) mass is 703 g/mol. The van der Waals surface area contributed by atoms with E-state index in [4.69, 9.17) is 32.7 Å². The first-order valence-corrected chi connectivity index (χ1v) is 17.0. The number of rotatable bonds is 8. The predicted octanol–water partition coefficient (Wildman–Crippen LogP) is 4.72. The molecule has 3 heterocycles. The molecule has 8 atom stereocenters. The van der Waals surface area contributed by atoms with Crippen molar-refractivity contribution in [3.05, 3.63) is 66.6 Å². The fourth-order valence-corrected chi connectivity index (χ4v) is 11.0. The number of nitrogens with zero attached hydrogens (tertiary/aromatic N) is 1. The predicted molar refractivity (Wildman–Crippen MR) is 171 cm³/mol. The molecular weight excluding hydrogens is 677 g/mol. The van der Waals surface area contributed by atoms with Crippen LogP contribution in [0.5, 0.6) is 11.5 Å². The number of hydrogen-bond acceptors (Lipinski definition) is 9. The number of nitrogens with one attached hydrogen (secondary N) is 2. The lowest BCUT2D eigenvalue weighted by Gasteiger charge is -2.43. The third-order valence-electron chi connectivity index (χ3n) is 9.61. The van der Waals surface area contributed by atoms with Crippen LogP contribution in [0.2, 0.25) is 10.0 Å². The molecule has 3 amide bonds. The summed E-state index contributed by atoms with van der Waals surface area (Å²) in [5, 5.41) is 13.7. The summed E-state index contributed by atoms with van der Waals surface area (Å²) >= 11 is 14.7. The summed E-state index contributed by atoms with van der Waals surface area (Å²) in [6.45, 7) is 1.05. The first-order valence-electron chi connectivity index (χ1n) is 14.5. The third kappa shape index (κ3) is 4.90. The summed E-state index contributed by atoms with van der Waals surface area (Å²) in [5.41, 5.74) is 1.31. The van der Waals surface area contributed by atoms with E-state index < -0.39 is 41.6 Å². The number of thioether (sulfide) groups is 1. The highest BCUT2D eigenvalue weighted by Gasteiger charge is 2.70. The Morgan fingerprint density at radius 3 is 2.50 bits per heavy atom. The van der Waals surface area contributed by atoms with Gasteiger partial charge in [-0.1, -0.05) is 40.6 Å². The highest BCUT2D eigenvalue weighted by molar-refractivity contribution is 8.00. The van der Waals surface area contributed by atoms with Crippen LogP contribution in [-0.2, 0) is 19.2 Å². The zero-order chi connectivity index (χ0) is 32.6. The Bertz CT molecular complexity index is 1860. The average molecular weight is 705 g/mol. The molecular formula is C31H27Cl2N3O8S2. The molecule has 46 heavy (non-hydrogen) atoms. The number of carbonyl (C=O) groups excluding carboxylic acids is 3. The highest BCUT2D eigenvalue weighted by Crippen LogP contribution is 2.68. The molecule has 2 aliphatic heterocycles. The number of ether oxygens (including phenoxy) is 2. The molecule has 240 valence electrons. The van der Waals surface area contributed by atoms with E-state index in [1.165, 1.54) is 20.1 Å². The van der Waals surface area contributed by atoms with Gasteiger partial charge in [0, 0.05) is 21.7 Å². The maximum Gasteiger partial charge on any atom is 0.326 e. The molecule has 2 saturated carbocycles. The van der Waals surface area contributed by atoms with E-state index in [9.17, 15) is 29.1 Å². The summed E-state index contributed by atoms with van der Waals surface area (Å²) < 4.78 is 11.5. The second kappa shape index (κ2) is 11.6. The Hall–Kier alpha value is -3.52. The van der Waals surface area contributed by atoms with Crippen LogP contribution in [0.3, 0.4) is 0 Å². The van der Waals surface area contributed by atoms with E-state index in [0.29, 0.717) is 33.7 Å². The van der Waals surface area contributed by atoms with Crippen LogP contribution in [0.15, 0.2) is 46.2 Å². The van der Waals surface area contributed by atoms with E-state index in [0.717, 1.165) is 31.7 Å². The fraction of sp³-hybridized carbons (Fsp3) is 0.387. The van der Waals surface area contributed by atoms with E-state index >= 15 is 0 Å². The van der Waals surface area contributed by atoms with Crippen molar-refractivity contribution in [3.63, 3.8) is 0 Å². The van der Waals surface area contributed by atoms with Gasteiger partial charge in [-0.05, 0) is 67.0 Å². The van der Waals surface area contributed by atoms with E-state index in [1.54, 1.807) is 30.0 Å². The van der Waals surface area contributed by atoms with Gasteiger partial charge in [-0.15, -0.1) is 11.8 Å². The van der Waals surface area contributed by atoms with E-state index in [2.05, 4.69) is 10.3 Å². The summed E-state index contributed by atoms with van der Waals surface area (Å²) in [6.07, 6.45) is 0.673. The van der Waals surface area contributed by atoms with Crippen LogP contribution >= 0.6 is 46.3 Å². The fourth-order valence-electron chi connectivity index (χ4n) is 7.82. The van der Waals surface area contributed by atoms with Gasteiger partial charge in [0.15, 0.2) is 18.1 Å². The molecule has 3 fully saturated rings. The molecule has 7 rings (SSSR count). The zero-order valence-corrected chi connectivity index (χ0v) is 27.5. The number of aliphatic carboxylic acids is 1. The molecule has 2 bridgehead atoms. The van der Waals surface area contributed by atoms with Crippen molar-refractivity contribution in [2.24, 2.45) is 29.6 Å². The van der Waals surface area contributed by atoms with Crippen molar-refractivity contribution in [3.8, 4) is 11.5 Å². The second-order valence-electron chi connectivity index (χ2n) is 11.9. The van der Waals surface area contributed by atoms with Gasteiger partial charge < -0.3 is 24.9 Å². The Labute approximate surface area is 280 Å². The average Bonchev–Trinajstić information content (AvgIpc) is 3.76. The van der Waals surface area contributed by atoms with Crippen LogP contribution in [0.25, 0.3) is 0 Å². The van der Waals surface area contributed by atoms with Gasteiger partial charge in [0.2, 0.25) is 11.8 Å². The van der Waals surface area contributed by atoms with Gasteiger partial charge in [-0.2, -0.15) is 0 Å². The number of H-pyrrole nitrogens is 1. The third-order valence-corrected chi connectivity index (χ3v) is 12.9. The number of carbonyl (C=O) groups is 4. The molecule has 7 unspecified atom stereocenters. The minimum absolute atomic E-state index is 0.0576. The molecule has 1 saturated heterocycles. The molecule has 2 aliphatic carbocycles.